The van der Waals surface area contributed by atoms with E-state index in [4.69, 9.17) is 25.0 Å². The molecule has 5 rings (SSSR count). The average molecular weight is 663 g/mol. The molecule has 0 atom stereocenters. The van der Waals surface area contributed by atoms with Crippen LogP contribution in [0.1, 0.15) is 70.1 Å². The maximum Gasteiger partial charge on any atom is 0.651 e. The van der Waals surface area contributed by atoms with Gasteiger partial charge in [-0.3, -0.25) is 4.79 Å². The molecule has 0 heterocycles. The molecule has 5 aromatic rings. The summed E-state index contributed by atoms with van der Waals surface area (Å²) in [6, 6.07) is 49.2. The SMILES string of the molecule is O=C(CSOB(OCCCC(c1ccccc1)c1ccccc1)OCCCC(c1ccccc1)c1ccccc1)c1ccc(Cl)cc1. The lowest BCUT2D eigenvalue weighted by Crippen LogP contribution is -2.27. The molecular weight excluding hydrogens is 623 g/mol. The highest BCUT2D eigenvalue weighted by atomic mass is 35.5. The molecule has 0 fully saturated rings. The zero-order valence-corrected chi connectivity index (χ0v) is 28.0. The van der Waals surface area contributed by atoms with E-state index in [1.807, 2.05) is 24.3 Å². The summed E-state index contributed by atoms with van der Waals surface area (Å²) in [5.74, 6) is 0.618. The van der Waals surface area contributed by atoms with E-state index in [1.165, 1.54) is 22.3 Å². The Balaban J connectivity index is 1.17. The Morgan fingerprint density at radius 2 is 0.957 bits per heavy atom. The molecule has 240 valence electrons. The van der Waals surface area contributed by atoms with E-state index in [-0.39, 0.29) is 23.4 Å². The fourth-order valence-corrected chi connectivity index (χ4v) is 6.38. The molecule has 0 aliphatic heterocycles. The molecule has 4 nitrogen and oxygen atoms in total. The van der Waals surface area contributed by atoms with Crippen LogP contribution in [0.15, 0.2) is 146 Å². The van der Waals surface area contributed by atoms with Crippen LogP contribution in [0.5, 0.6) is 0 Å². The Labute approximate surface area is 288 Å². The Morgan fingerprint density at radius 3 is 1.34 bits per heavy atom. The molecule has 0 saturated heterocycles. The van der Waals surface area contributed by atoms with Crippen molar-refractivity contribution in [1.82, 2.24) is 0 Å². The molecule has 0 amide bonds. The van der Waals surface area contributed by atoms with Crippen LogP contribution < -0.4 is 0 Å². The number of halogens is 1. The van der Waals surface area contributed by atoms with Crippen molar-refractivity contribution in [3.63, 3.8) is 0 Å². The zero-order chi connectivity index (χ0) is 32.5. The highest BCUT2D eigenvalue weighted by molar-refractivity contribution is 7.96. The van der Waals surface area contributed by atoms with Gasteiger partial charge in [0, 0.05) is 35.6 Å². The monoisotopic (exact) mass is 662 g/mol. The Kier molecular flexibility index (Phi) is 14.2. The molecule has 0 bridgehead atoms. The predicted octanol–water partition coefficient (Wildman–Crippen LogP) is 10.4. The van der Waals surface area contributed by atoms with Gasteiger partial charge in [-0.1, -0.05) is 133 Å². The lowest BCUT2D eigenvalue weighted by molar-refractivity contribution is 0.102. The number of carbonyl (C=O) groups is 1. The number of ketones is 1. The van der Waals surface area contributed by atoms with Crippen LogP contribution in [0.25, 0.3) is 0 Å². The highest BCUT2D eigenvalue weighted by Crippen LogP contribution is 2.30. The summed E-state index contributed by atoms with van der Waals surface area (Å²) in [5, 5.41) is 0.593. The molecule has 0 aromatic heterocycles. The van der Waals surface area contributed by atoms with E-state index in [1.54, 1.807) is 24.3 Å². The maximum atomic E-state index is 12.7. The normalized spacial score (nSPS) is 11.2. The first-order valence-corrected chi connectivity index (χ1v) is 17.5. The molecule has 0 saturated carbocycles. The first-order valence-electron chi connectivity index (χ1n) is 16.2. The zero-order valence-electron chi connectivity index (χ0n) is 26.5. The predicted molar refractivity (Wildman–Crippen MR) is 195 cm³/mol. The van der Waals surface area contributed by atoms with E-state index in [0.717, 1.165) is 37.7 Å². The lowest BCUT2D eigenvalue weighted by Gasteiger charge is -2.20. The van der Waals surface area contributed by atoms with Crippen LogP contribution in [0.2, 0.25) is 5.02 Å². The molecule has 0 aliphatic rings. The van der Waals surface area contributed by atoms with Gasteiger partial charge in [-0.2, -0.15) is 0 Å². The average Bonchev–Trinajstić information content (AvgIpc) is 3.13. The second-order valence-corrected chi connectivity index (χ2v) is 12.5. The van der Waals surface area contributed by atoms with E-state index >= 15 is 0 Å². The minimum Gasteiger partial charge on any atom is -0.385 e. The van der Waals surface area contributed by atoms with Crippen molar-refractivity contribution in [2.45, 2.75) is 37.5 Å². The van der Waals surface area contributed by atoms with Gasteiger partial charge in [0.2, 0.25) is 0 Å². The third-order valence-electron chi connectivity index (χ3n) is 8.09. The fraction of sp³-hybridized carbons (Fsp3) is 0.225. The Morgan fingerprint density at radius 1 is 0.574 bits per heavy atom. The molecule has 0 radical (unpaired) electrons. The van der Waals surface area contributed by atoms with Crippen molar-refractivity contribution in [2.24, 2.45) is 0 Å². The number of Topliss-reactive ketones (excluding diaryl/α,β-unsaturated/α-hetero) is 1. The molecule has 5 aromatic carbocycles. The number of carbonyl (C=O) groups excluding carboxylic acids is 1. The smallest absolute Gasteiger partial charge is 0.385 e. The standard InChI is InChI=1S/C40H40BClO4S/c42-37-27-25-36(26-28-37)40(43)31-47-46-41(44-29-13-23-38(32-15-5-1-6-16-32)33-17-7-2-8-18-33)45-30-14-24-39(34-19-9-3-10-20-34)35-21-11-4-12-22-35/h1-12,15-22,25-28,38-39H,13-14,23-24,29-31H2. The minimum atomic E-state index is -0.892. The van der Waals surface area contributed by atoms with Crippen molar-refractivity contribution in [1.29, 1.82) is 0 Å². The van der Waals surface area contributed by atoms with E-state index in [0.29, 0.717) is 23.8 Å². The van der Waals surface area contributed by atoms with Gasteiger partial charge >= 0.3 is 7.32 Å². The molecule has 0 aliphatic carbocycles. The molecule has 0 N–H and O–H groups in total. The minimum absolute atomic E-state index is 0.0486. The highest BCUT2D eigenvalue weighted by Gasteiger charge is 2.24. The summed E-state index contributed by atoms with van der Waals surface area (Å²) in [6.45, 7) is 0.923. The van der Waals surface area contributed by atoms with Crippen LogP contribution in [0, 0.1) is 0 Å². The third-order valence-corrected chi connectivity index (χ3v) is 9.02. The van der Waals surface area contributed by atoms with Crippen molar-refractivity contribution in [3.8, 4) is 0 Å². The van der Waals surface area contributed by atoms with Gasteiger partial charge < -0.3 is 13.4 Å². The lowest BCUT2D eigenvalue weighted by atomic mass is 9.87. The summed E-state index contributed by atoms with van der Waals surface area (Å²) >= 11 is 7.04. The van der Waals surface area contributed by atoms with Crippen molar-refractivity contribution < 1.29 is 18.2 Å². The fourth-order valence-electron chi connectivity index (χ4n) is 5.69. The van der Waals surface area contributed by atoms with Crippen LogP contribution in [0.4, 0.5) is 0 Å². The molecular formula is C40H40BClO4S. The molecule has 7 heteroatoms. The van der Waals surface area contributed by atoms with Crippen LogP contribution in [-0.4, -0.2) is 32.1 Å². The molecule has 0 unspecified atom stereocenters. The quantitative estimate of drug-likeness (QED) is 0.0381. The summed E-state index contributed by atoms with van der Waals surface area (Å²) in [6.07, 6.45) is 3.46. The van der Waals surface area contributed by atoms with Crippen LogP contribution in [0.3, 0.4) is 0 Å². The second kappa shape index (κ2) is 19.2. The van der Waals surface area contributed by atoms with Gasteiger partial charge in [0.1, 0.15) is 0 Å². The van der Waals surface area contributed by atoms with Crippen molar-refractivity contribution in [2.75, 3.05) is 19.0 Å². The molecule has 0 spiro atoms. The Bertz CT molecular complexity index is 1420. The van der Waals surface area contributed by atoms with E-state index < -0.39 is 7.32 Å². The summed E-state index contributed by atoms with van der Waals surface area (Å²) in [4.78, 5) is 12.7. The number of hydrogen-bond acceptors (Lipinski definition) is 5. The van der Waals surface area contributed by atoms with Gasteiger partial charge in [0.15, 0.2) is 5.78 Å². The number of hydrogen-bond donors (Lipinski definition) is 0. The molecule has 47 heavy (non-hydrogen) atoms. The largest absolute Gasteiger partial charge is 0.651 e. The maximum absolute atomic E-state index is 12.7. The summed E-state index contributed by atoms with van der Waals surface area (Å²) in [7, 11) is -0.892. The first kappa shape index (κ1) is 34.7. The summed E-state index contributed by atoms with van der Waals surface area (Å²) in [5.41, 5.74) is 5.72. The van der Waals surface area contributed by atoms with Crippen LogP contribution >= 0.6 is 23.6 Å². The first-order chi connectivity index (χ1) is 23.2. The number of benzene rings is 5. The van der Waals surface area contributed by atoms with E-state index in [9.17, 15) is 4.79 Å². The third kappa shape index (κ3) is 11.2. The Hall–Kier alpha value is -3.65. The van der Waals surface area contributed by atoms with Gasteiger partial charge in [0.25, 0.3) is 0 Å². The van der Waals surface area contributed by atoms with Crippen molar-refractivity contribution >= 4 is 36.7 Å². The second-order valence-electron chi connectivity index (χ2n) is 11.4. The van der Waals surface area contributed by atoms with Gasteiger partial charge in [-0.05, 0) is 84.2 Å². The van der Waals surface area contributed by atoms with Crippen LogP contribution in [-0.2, 0) is 13.4 Å². The van der Waals surface area contributed by atoms with Gasteiger partial charge in [-0.25, -0.2) is 0 Å². The number of rotatable bonds is 19. The topological polar surface area (TPSA) is 44.8 Å². The van der Waals surface area contributed by atoms with Crippen molar-refractivity contribution in [3.05, 3.63) is 178 Å². The van der Waals surface area contributed by atoms with Gasteiger partial charge in [-0.15, -0.1) is 0 Å². The summed E-state index contributed by atoms with van der Waals surface area (Å²) < 4.78 is 18.2. The van der Waals surface area contributed by atoms with Gasteiger partial charge in [0.05, 0.1) is 5.75 Å². The van der Waals surface area contributed by atoms with E-state index in [2.05, 4.69) is 97.1 Å².